The molecule has 0 bridgehead atoms. The van der Waals surface area contributed by atoms with Crippen LogP contribution in [-0.4, -0.2) is 79.3 Å². The molecule has 0 saturated carbocycles. The smallest absolute Gasteiger partial charge is 0.457 e. The Morgan fingerprint density at radius 1 is 0.630 bits per heavy atom. The molecule has 0 fully saturated rings. The van der Waals surface area contributed by atoms with Gasteiger partial charge in [-0.3, -0.25) is 18.6 Å². The number of phosphoric ester groups is 1. The summed E-state index contributed by atoms with van der Waals surface area (Å²) in [5.41, 5.74) is 0. The minimum atomic E-state index is -4.68. The Labute approximate surface area is 330 Å². The number of aliphatic hydroxyl groups is 1. The number of Topliss-reactive ketones (excluding diaryl/α,β-unsaturated/α-hetero) is 1. The minimum Gasteiger partial charge on any atom is -0.457 e. The van der Waals surface area contributed by atoms with Gasteiger partial charge in [-0.2, -0.15) is 0 Å². The van der Waals surface area contributed by atoms with E-state index in [2.05, 4.69) is 56.4 Å². The Morgan fingerprint density at radius 2 is 1.07 bits per heavy atom. The molecule has 10 heteroatoms. The van der Waals surface area contributed by atoms with E-state index >= 15 is 0 Å². The molecule has 9 nitrogen and oxygen atoms in total. The van der Waals surface area contributed by atoms with E-state index in [9.17, 15) is 24.2 Å². The number of carbonyl (C=O) groups is 2. The molecule has 0 radical (unpaired) electrons. The number of hydrogen-bond acceptors (Lipinski definition) is 7. The summed E-state index contributed by atoms with van der Waals surface area (Å²) < 4.78 is 29.3. The Kier molecular flexibility index (Phi) is 34.3. The largest absolute Gasteiger partial charge is 0.473 e. The number of rotatable bonds is 38. The first-order valence-corrected chi connectivity index (χ1v) is 22.8. The highest BCUT2D eigenvalue weighted by Crippen LogP contribution is 2.45. The van der Waals surface area contributed by atoms with Gasteiger partial charge in [0, 0.05) is 12.8 Å². The highest BCUT2D eigenvalue weighted by molar-refractivity contribution is 7.47. The zero-order chi connectivity index (χ0) is 40.2. The van der Waals surface area contributed by atoms with Crippen LogP contribution in [0.1, 0.15) is 168 Å². The van der Waals surface area contributed by atoms with Crippen molar-refractivity contribution < 1.29 is 42.4 Å². The van der Waals surface area contributed by atoms with Gasteiger partial charge < -0.3 is 19.2 Å². The summed E-state index contributed by atoms with van der Waals surface area (Å²) in [6.45, 7) is 4.09. The second kappa shape index (κ2) is 35.5. The first kappa shape index (κ1) is 52.1. The number of hydrogen-bond donors (Lipinski definition) is 2. The molecule has 0 aromatic rings. The number of nitrogens with zero attached hydrogens (tertiary/aromatic N) is 1. The van der Waals surface area contributed by atoms with E-state index in [1.54, 1.807) is 0 Å². The molecule has 0 aromatic heterocycles. The van der Waals surface area contributed by atoms with Gasteiger partial charge in [0.05, 0.1) is 27.7 Å². The van der Waals surface area contributed by atoms with E-state index in [1.165, 1.54) is 77.0 Å². The fourth-order valence-electron chi connectivity index (χ4n) is 5.75. The lowest BCUT2D eigenvalue weighted by Crippen LogP contribution is -2.42. The summed E-state index contributed by atoms with van der Waals surface area (Å²) in [6, 6.07) is 0. The molecule has 0 amide bonds. The van der Waals surface area contributed by atoms with E-state index < -0.39 is 38.4 Å². The quantitative estimate of drug-likeness (QED) is 0.0209. The summed E-state index contributed by atoms with van der Waals surface area (Å²) in [7, 11) is 1.07. The highest BCUT2D eigenvalue weighted by Gasteiger charge is 2.38. The molecule has 0 spiro atoms. The maximum absolute atomic E-state index is 13.3. The summed E-state index contributed by atoms with van der Waals surface area (Å²) in [6.07, 6.45) is 38.3. The van der Waals surface area contributed by atoms with Gasteiger partial charge in [-0.05, 0) is 51.4 Å². The Balaban J connectivity index is 4.76. The van der Waals surface area contributed by atoms with Crippen LogP contribution >= 0.6 is 7.82 Å². The van der Waals surface area contributed by atoms with Crippen LogP contribution in [0.15, 0.2) is 48.6 Å². The average molecular weight is 783 g/mol. The molecule has 0 aliphatic heterocycles. The predicted molar refractivity (Wildman–Crippen MR) is 224 cm³/mol. The third-order valence-electron chi connectivity index (χ3n) is 9.12. The number of quaternary nitrogens is 1. The monoisotopic (exact) mass is 783 g/mol. The molecule has 2 unspecified atom stereocenters. The van der Waals surface area contributed by atoms with Crippen LogP contribution in [0, 0.1) is 0 Å². The van der Waals surface area contributed by atoms with Crippen molar-refractivity contribution in [2.45, 2.75) is 180 Å². The number of ketones is 1. The molecule has 0 aromatic carbocycles. The lowest BCUT2D eigenvalue weighted by Gasteiger charge is -2.27. The summed E-state index contributed by atoms with van der Waals surface area (Å²) in [4.78, 5) is 36.5. The molecule has 2 N–H and O–H groups in total. The summed E-state index contributed by atoms with van der Waals surface area (Å²) in [5.74, 6) is -1.10. The predicted octanol–water partition coefficient (Wildman–Crippen LogP) is 11.3. The second-order valence-electron chi connectivity index (χ2n) is 15.5. The summed E-state index contributed by atoms with van der Waals surface area (Å²) in [5, 5.41) is 10.1. The van der Waals surface area contributed by atoms with Crippen molar-refractivity contribution >= 4 is 19.6 Å². The van der Waals surface area contributed by atoms with Gasteiger partial charge in [-0.15, -0.1) is 0 Å². The fourth-order valence-corrected chi connectivity index (χ4v) is 6.66. The minimum absolute atomic E-state index is 0.0713. The van der Waals surface area contributed by atoms with E-state index in [1.807, 2.05) is 27.2 Å². The molecule has 0 rings (SSSR count). The van der Waals surface area contributed by atoms with Crippen molar-refractivity contribution in [1.29, 1.82) is 0 Å². The number of likely N-dealkylation sites (N-methyl/N-ethyl adjacent to an activating group) is 1. The first-order valence-electron chi connectivity index (χ1n) is 21.3. The van der Waals surface area contributed by atoms with Crippen molar-refractivity contribution in [2.75, 3.05) is 40.9 Å². The van der Waals surface area contributed by atoms with Crippen LogP contribution in [0.5, 0.6) is 0 Å². The third-order valence-corrected chi connectivity index (χ3v) is 10.1. The molecule has 3 atom stereocenters. The van der Waals surface area contributed by atoms with Gasteiger partial charge in [0.2, 0.25) is 0 Å². The van der Waals surface area contributed by atoms with Crippen LogP contribution < -0.4 is 0 Å². The average Bonchev–Trinajstić information content (AvgIpc) is 3.12. The topological polar surface area (TPSA) is 119 Å². The van der Waals surface area contributed by atoms with E-state index in [0.29, 0.717) is 30.3 Å². The van der Waals surface area contributed by atoms with Crippen molar-refractivity contribution in [2.24, 2.45) is 0 Å². The molecule has 0 saturated heterocycles. The zero-order valence-electron chi connectivity index (χ0n) is 35.1. The number of ether oxygens (including phenoxy) is 1. The molecule has 0 heterocycles. The van der Waals surface area contributed by atoms with Crippen LogP contribution in [-0.2, 0) is 27.9 Å². The van der Waals surface area contributed by atoms with Crippen LogP contribution in [0.4, 0.5) is 0 Å². The molecule has 0 aliphatic rings. The van der Waals surface area contributed by atoms with Gasteiger partial charge >= 0.3 is 13.8 Å². The highest BCUT2D eigenvalue weighted by atomic mass is 31.2. The van der Waals surface area contributed by atoms with Crippen LogP contribution in [0.2, 0.25) is 0 Å². The lowest BCUT2D eigenvalue weighted by molar-refractivity contribution is -0.870. The van der Waals surface area contributed by atoms with Crippen LogP contribution in [0.3, 0.4) is 0 Å². The van der Waals surface area contributed by atoms with Gasteiger partial charge in [0.15, 0.2) is 18.0 Å². The number of carbonyl (C=O) groups excluding carboxylic acids is 2. The number of unbranched alkanes of at least 4 members (excludes halogenated alkanes) is 16. The van der Waals surface area contributed by atoms with E-state index in [0.717, 1.165) is 44.9 Å². The Morgan fingerprint density at radius 3 is 1.56 bits per heavy atom. The normalized spacial score (nSPS) is 14.8. The van der Waals surface area contributed by atoms with Crippen molar-refractivity contribution in [3.8, 4) is 0 Å². The zero-order valence-corrected chi connectivity index (χ0v) is 36.0. The maximum Gasteiger partial charge on any atom is 0.473 e. The fraction of sp³-hybridized carbons (Fsp3) is 0.773. The molecule has 314 valence electrons. The molecule has 54 heavy (non-hydrogen) atoms. The van der Waals surface area contributed by atoms with Gasteiger partial charge in [-0.1, -0.05) is 152 Å². The lowest BCUT2D eigenvalue weighted by atomic mass is 10.0. The Hall–Kier alpha value is -1.87. The number of allylic oxidation sites excluding steroid dienone is 8. The van der Waals surface area contributed by atoms with E-state index in [-0.39, 0.29) is 19.4 Å². The SMILES string of the molecule is CCCCC/C=C\C/C=C\C/C=C\C/C=C\CCCC(=O)O[C@@H](CO)C(OP(=O)(O)OCC[N+](C)(C)C)C(=O)CCCCCCCCCCCCCCC. The summed E-state index contributed by atoms with van der Waals surface area (Å²) >= 11 is 0. The number of esters is 1. The first-order chi connectivity index (χ1) is 26.0. The molecular weight excluding hydrogens is 701 g/mol. The number of phosphoric acid groups is 1. The van der Waals surface area contributed by atoms with Gasteiger partial charge in [0.25, 0.3) is 0 Å². The van der Waals surface area contributed by atoms with E-state index in [4.69, 9.17) is 13.8 Å². The van der Waals surface area contributed by atoms with Gasteiger partial charge in [-0.25, -0.2) is 4.57 Å². The van der Waals surface area contributed by atoms with Crippen molar-refractivity contribution in [3.05, 3.63) is 48.6 Å². The Bertz CT molecular complexity index is 1080. The van der Waals surface area contributed by atoms with Crippen LogP contribution in [0.25, 0.3) is 0 Å². The molecule has 0 aliphatic carbocycles. The number of aliphatic hydroxyl groups excluding tert-OH is 1. The second-order valence-corrected chi connectivity index (χ2v) is 16.9. The maximum atomic E-state index is 13.3. The van der Waals surface area contributed by atoms with Gasteiger partial charge in [0.1, 0.15) is 13.2 Å². The molecular formula is C44H81NO8P+. The third kappa shape index (κ3) is 34.6. The van der Waals surface area contributed by atoms with Crippen molar-refractivity contribution in [1.82, 2.24) is 0 Å². The van der Waals surface area contributed by atoms with Crippen molar-refractivity contribution in [3.63, 3.8) is 0 Å². The standard InChI is InChI=1S/C44H80NO8P/c1-6-8-10-12-14-16-18-20-21-22-23-25-27-29-31-33-35-37-43(48)52-42(40-46)44(53-54(49,50)51-39-38-45(3,4)5)41(47)36-34-32-30-28-26-24-19-17-15-13-11-9-7-2/h14,16,20-21,23,25,29,31,42,44,46H,6-13,15,17-19,22,24,26-28,30,32-40H2,1-5H3/p+1/b16-14-,21-20-,25-23-,31-29-/t42-,44?/m0/s1.